The summed E-state index contributed by atoms with van der Waals surface area (Å²) in [6.07, 6.45) is 2.39. The first-order valence-electron chi connectivity index (χ1n) is 6.54. The van der Waals surface area contributed by atoms with Crippen LogP contribution in [-0.4, -0.2) is 29.6 Å². The van der Waals surface area contributed by atoms with Crippen LogP contribution in [0.1, 0.15) is 30.2 Å². The first-order chi connectivity index (χ1) is 9.11. The van der Waals surface area contributed by atoms with Crippen LogP contribution in [-0.2, 0) is 11.3 Å². The second-order valence-corrected chi connectivity index (χ2v) is 6.08. The van der Waals surface area contributed by atoms with E-state index in [0.717, 1.165) is 10.4 Å². The lowest BCUT2D eigenvalue weighted by Gasteiger charge is -2.20. The molecule has 19 heavy (non-hydrogen) atoms. The van der Waals surface area contributed by atoms with E-state index in [9.17, 15) is 4.79 Å². The SMILES string of the molecule is CC(C(=O)N(C)Cc1cc(C#CCO)cs1)C1CC1. The van der Waals surface area contributed by atoms with Crippen molar-refractivity contribution in [2.24, 2.45) is 11.8 Å². The molecule has 0 saturated heterocycles. The molecule has 1 saturated carbocycles. The summed E-state index contributed by atoms with van der Waals surface area (Å²) in [5.74, 6) is 6.49. The van der Waals surface area contributed by atoms with Gasteiger partial charge in [0, 0.05) is 28.8 Å². The van der Waals surface area contributed by atoms with Gasteiger partial charge in [-0.1, -0.05) is 18.8 Å². The van der Waals surface area contributed by atoms with Gasteiger partial charge in [0.15, 0.2) is 0 Å². The summed E-state index contributed by atoms with van der Waals surface area (Å²) in [5.41, 5.74) is 0.908. The average molecular weight is 277 g/mol. The number of thiophene rings is 1. The monoisotopic (exact) mass is 277 g/mol. The molecule has 1 N–H and O–H groups in total. The predicted molar refractivity (Wildman–Crippen MR) is 76.6 cm³/mol. The van der Waals surface area contributed by atoms with E-state index in [1.165, 1.54) is 12.8 Å². The molecule has 1 aliphatic rings. The first kappa shape index (κ1) is 14.1. The number of aliphatic hydroxyl groups excluding tert-OH is 1. The van der Waals surface area contributed by atoms with Gasteiger partial charge >= 0.3 is 0 Å². The number of amides is 1. The molecule has 0 aliphatic heterocycles. The molecule has 0 spiro atoms. The molecule has 1 aromatic rings. The molecule has 1 heterocycles. The van der Waals surface area contributed by atoms with Crippen LogP contribution in [0.15, 0.2) is 11.4 Å². The van der Waals surface area contributed by atoms with E-state index in [0.29, 0.717) is 12.5 Å². The standard InChI is InChI=1S/C15H19NO2S/c1-11(13-5-6-13)15(18)16(2)9-14-8-12(10-19-14)4-3-7-17/h8,10-11,13,17H,5-7,9H2,1-2H3. The molecular formula is C15H19NO2S. The maximum Gasteiger partial charge on any atom is 0.225 e. The maximum absolute atomic E-state index is 12.2. The highest BCUT2D eigenvalue weighted by Crippen LogP contribution is 2.37. The van der Waals surface area contributed by atoms with E-state index in [-0.39, 0.29) is 18.4 Å². The van der Waals surface area contributed by atoms with E-state index < -0.39 is 0 Å². The van der Waals surface area contributed by atoms with Gasteiger partial charge in [-0.05, 0) is 24.8 Å². The van der Waals surface area contributed by atoms with E-state index in [1.54, 1.807) is 16.2 Å². The van der Waals surface area contributed by atoms with Crippen LogP contribution >= 0.6 is 11.3 Å². The second-order valence-electron chi connectivity index (χ2n) is 5.08. The number of rotatable bonds is 4. The minimum atomic E-state index is -0.123. The molecule has 4 heteroatoms. The Labute approximate surface area is 118 Å². The summed E-state index contributed by atoms with van der Waals surface area (Å²) in [5, 5.41) is 10.6. The summed E-state index contributed by atoms with van der Waals surface area (Å²) in [7, 11) is 1.86. The zero-order chi connectivity index (χ0) is 13.8. The lowest BCUT2D eigenvalue weighted by atomic mass is 10.1. The van der Waals surface area contributed by atoms with Gasteiger partial charge in [0.1, 0.15) is 6.61 Å². The third-order valence-electron chi connectivity index (χ3n) is 3.45. The highest BCUT2D eigenvalue weighted by molar-refractivity contribution is 7.10. The third kappa shape index (κ3) is 3.82. The quantitative estimate of drug-likeness (QED) is 0.856. The summed E-state index contributed by atoms with van der Waals surface area (Å²) in [6.45, 7) is 2.55. The molecule has 3 nitrogen and oxygen atoms in total. The Morgan fingerprint density at radius 3 is 3.00 bits per heavy atom. The Kier molecular flexibility index (Phi) is 4.62. The predicted octanol–water partition coefficient (Wildman–Crippen LogP) is 2.10. The average Bonchev–Trinajstić information content (AvgIpc) is 3.16. The van der Waals surface area contributed by atoms with Gasteiger partial charge in [0.25, 0.3) is 0 Å². The fourth-order valence-electron chi connectivity index (χ4n) is 2.13. The molecule has 1 fully saturated rings. The summed E-state index contributed by atoms with van der Waals surface area (Å²) in [6, 6.07) is 1.99. The minimum Gasteiger partial charge on any atom is -0.384 e. The molecule has 1 atom stereocenters. The Bertz CT molecular complexity index is 508. The molecule has 0 radical (unpaired) electrons. The Morgan fingerprint density at radius 1 is 1.63 bits per heavy atom. The van der Waals surface area contributed by atoms with Crippen LogP contribution in [0.5, 0.6) is 0 Å². The number of carbonyl (C=O) groups excluding carboxylic acids is 1. The van der Waals surface area contributed by atoms with Gasteiger partial charge in [-0.25, -0.2) is 0 Å². The van der Waals surface area contributed by atoms with E-state index in [4.69, 9.17) is 5.11 Å². The number of hydrogen-bond acceptors (Lipinski definition) is 3. The summed E-state index contributed by atoms with van der Waals surface area (Å²) < 4.78 is 0. The number of aliphatic hydroxyl groups is 1. The van der Waals surface area contributed by atoms with Gasteiger partial charge in [-0.2, -0.15) is 0 Å². The highest BCUT2D eigenvalue weighted by Gasteiger charge is 2.33. The van der Waals surface area contributed by atoms with Gasteiger partial charge in [-0.15, -0.1) is 11.3 Å². The van der Waals surface area contributed by atoms with E-state index in [1.807, 2.05) is 25.4 Å². The zero-order valence-electron chi connectivity index (χ0n) is 11.3. The van der Waals surface area contributed by atoms with Gasteiger partial charge in [-0.3, -0.25) is 4.79 Å². The fraction of sp³-hybridized carbons (Fsp3) is 0.533. The first-order valence-corrected chi connectivity index (χ1v) is 7.42. The Morgan fingerprint density at radius 2 is 2.37 bits per heavy atom. The van der Waals surface area contributed by atoms with Crippen molar-refractivity contribution in [3.8, 4) is 11.8 Å². The van der Waals surface area contributed by atoms with Crippen molar-refractivity contribution >= 4 is 17.2 Å². The molecular weight excluding hydrogens is 258 g/mol. The lowest BCUT2D eigenvalue weighted by Crippen LogP contribution is -2.31. The van der Waals surface area contributed by atoms with Crippen LogP contribution in [0, 0.1) is 23.7 Å². The van der Waals surface area contributed by atoms with Crippen LogP contribution < -0.4 is 0 Å². The van der Waals surface area contributed by atoms with Gasteiger partial charge < -0.3 is 10.0 Å². The normalized spacial score (nSPS) is 15.5. The molecule has 2 rings (SSSR count). The lowest BCUT2D eigenvalue weighted by molar-refractivity contribution is -0.134. The van der Waals surface area contributed by atoms with Crippen molar-refractivity contribution in [3.05, 3.63) is 21.9 Å². The van der Waals surface area contributed by atoms with Crippen LogP contribution in [0.3, 0.4) is 0 Å². The maximum atomic E-state index is 12.2. The molecule has 1 amide bonds. The smallest absolute Gasteiger partial charge is 0.225 e. The Balaban J connectivity index is 1.92. The van der Waals surface area contributed by atoms with E-state index in [2.05, 4.69) is 11.8 Å². The molecule has 1 aliphatic carbocycles. The van der Waals surface area contributed by atoms with Crippen molar-refractivity contribution in [1.29, 1.82) is 0 Å². The van der Waals surface area contributed by atoms with Crippen molar-refractivity contribution in [1.82, 2.24) is 4.90 Å². The van der Waals surface area contributed by atoms with Crippen molar-refractivity contribution in [2.45, 2.75) is 26.3 Å². The van der Waals surface area contributed by atoms with Crippen LogP contribution in [0.25, 0.3) is 0 Å². The molecule has 102 valence electrons. The minimum absolute atomic E-state index is 0.123. The Hall–Kier alpha value is -1.31. The van der Waals surface area contributed by atoms with Crippen molar-refractivity contribution in [3.63, 3.8) is 0 Å². The number of hydrogen-bond donors (Lipinski definition) is 1. The molecule has 1 aromatic heterocycles. The van der Waals surface area contributed by atoms with Gasteiger partial charge in [0.05, 0.1) is 6.54 Å². The van der Waals surface area contributed by atoms with E-state index >= 15 is 0 Å². The van der Waals surface area contributed by atoms with Crippen LogP contribution in [0.4, 0.5) is 0 Å². The van der Waals surface area contributed by atoms with Gasteiger partial charge in [0.2, 0.25) is 5.91 Å². The summed E-state index contributed by atoms with van der Waals surface area (Å²) >= 11 is 1.60. The van der Waals surface area contributed by atoms with Crippen LogP contribution in [0.2, 0.25) is 0 Å². The van der Waals surface area contributed by atoms with Crippen molar-refractivity contribution < 1.29 is 9.90 Å². The number of carbonyl (C=O) groups is 1. The third-order valence-corrected chi connectivity index (χ3v) is 4.37. The largest absolute Gasteiger partial charge is 0.384 e. The molecule has 0 aromatic carbocycles. The summed E-state index contributed by atoms with van der Waals surface area (Å²) in [4.78, 5) is 15.1. The number of nitrogens with zero attached hydrogens (tertiary/aromatic N) is 1. The zero-order valence-corrected chi connectivity index (χ0v) is 12.2. The van der Waals surface area contributed by atoms with Crippen molar-refractivity contribution in [2.75, 3.05) is 13.7 Å². The second kappa shape index (κ2) is 6.23. The fourth-order valence-corrected chi connectivity index (χ4v) is 3.00. The molecule has 1 unspecified atom stereocenters. The topological polar surface area (TPSA) is 40.5 Å². The molecule has 0 bridgehead atoms. The highest BCUT2D eigenvalue weighted by atomic mass is 32.1.